The van der Waals surface area contributed by atoms with E-state index in [1.807, 2.05) is 31.3 Å². The van der Waals surface area contributed by atoms with Gasteiger partial charge in [-0.3, -0.25) is 0 Å². The average molecular weight is 261 g/mol. The summed E-state index contributed by atoms with van der Waals surface area (Å²) >= 11 is 0. The van der Waals surface area contributed by atoms with E-state index < -0.39 is 5.60 Å². The Kier molecular flexibility index (Phi) is 3.50. The Morgan fingerprint density at radius 2 is 1.74 bits per heavy atom. The molecule has 2 aliphatic rings. The minimum Gasteiger partial charge on any atom is -0.490 e. The Hall–Kier alpha value is -1.06. The summed E-state index contributed by atoms with van der Waals surface area (Å²) in [5, 5.41) is 14.1. The van der Waals surface area contributed by atoms with Crippen molar-refractivity contribution in [2.24, 2.45) is 0 Å². The first-order valence-corrected chi connectivity index (χ1v) is 7.36. The van der Waals surface area contributed by atoms with Crippen LogP contribution < -0.4 is 10.1 Å². The van der Waals surface area contributed by atoms with E-state index in [0.29, 0.717) is 12.1 Å². The molecule has 0 atom stereocenters. The van der Waals surface area contributed by atoms with Crippen molar-refractivity contribution in [2.75, 3.05) is 7.05 Å². The Morgan fingerprint density at radius 3 is 2.26 bits per heavy atom. The Bertz CT molecular complexity index is 417. The molecule has 2 N–H and O–H groups in total. The molecule has 3 heteroatoms. The van der Waals surface area contributed by atoms with E-state index in [9.17, 15) is 5.11 Å². The lowest BCUT2D eigenvalue weighted by Crippen LogP contribution is -2.38. The van der Waals surface area contributed by atoms with Gasteiger partial charge in [-0.25, -0.2) is 0 Å². The average Bonchev–Trinajstić information content (AvgIpc) is 3.24. The van der Waals surface area contributed by atoms with E-state index in [1.165, 1.54) is 12.8 Å². The van der Waals surface area contributed by atoms with Gasteiger partial charge in [0.2, 0.25) is 0 Å². The van der Waals surface area contributed by atoms with E-state index in [4.69, 9.17) is 4.74 Å². The molecule has 0 heterocycles. The number of hydrogen-bond acceptors (Lipinski definition) is 3. The summed E-state index contributed by atoms with van der Waals surface area (Å²) in [6, 6.07) is 8.60. The van der Waals surface area contributed by atoms with Gasteiger partial charge in [0.25, 0.3) is 0 Å². The fourth-order valence-corrected chi connectivity index (χ4v) is 2.89. The van der Waals surface area contributed by atoms with Gasteiger partial charge in [0, 0.05) is 6.04 Å². The maximum Gasteiger partial charge on any atom is 0.119 e. The summed E-state index contributed by atoms with van der Waals surface area (Å²) in [6.07, 6.45) is 6.53. The minimum absolute atomic E-state index is 0.431. The van der Waals surface area contributed by atoms with Crippen LogP contribution in [0.1, 0.15) is 44.1 Å². The van der Waals surface area contributed by atoms with Crippen molar-refractivity contribution in [1.29, 1.82) is 0 Å². The fraction of sp³-hybridized carbons (Fsp3) is 0.625. The highest BCUT2D eigenvalue weighted by Crippen LogP contribution is 2.38. The van der Waals surface area contributed by atoms with Crippen LogP contribution in [0.3, 0.4) is 0 Å². The van der Waals surface area contributed by atoms with Crippen LogP contribution in [0.2, 0.25) is 0 Å². The van der Waals surface area contributed by atoms with E-state index >= 15 is 0 Å². The monoisotopic (exact) mass is 261 g/mol. The molecule has 2 fully saturated rings. The largest absolute Gasteiger partial charge is 0.490 e. The number of hydrogen-bond donors (Lipinski definition) is 2. The summed E-state index contributed by atoms with van der Waals surface area (Å²) in [5.74, 6) is 0.929. The Balaban J connectivity index is 1.67. The molecule has 0 unspecified atom stereocenters. The van der Waals surface area contributed by atoms with Crippen molar-refractivity contribution in [3.05, 3.63) is 29.8 Å². The first-order valence-electron chi connectivity index (χ1n) is 7.36. The predicted molar refractivity (Wildman–Crippen MR) is 75.3 cm³/mol. The molecular formula is C16H23NO2. The second kappa shape index (κ2) is 5.14. The summed E-state index contributed by atoms with van der Waals surface area (Å²) < 4.78 is 5.74. The summed E-state index contributed by atoms with van der Waals surface area (Å²) in [5.41, 5.74) is 0.385. The maximum absolute atomic E-state index is 10.8. The van der Waals surface area contributed by atoms with Crippen LogP contribution in [0.15, 0.2) is 24.3 Å². The van der Waals surface area contributed by atoms with Crippen molar-refractivity contribution in [3.8, 4) is 5.75 Å². The van der Waals surface area contributed by atoms with Crippen LogP contribution in [0.5, 0.6) is 5.75 Å². The van der Waals surface area contributed by atoms with Gasteiger partial charge in [-0.2, -0.15) is 0 Å². The maximum atomic E-state index is 10.8. The van der Waals surface area contributed by atoms with Gasteiger partial charge in [-0.1, -0.05) is 12.1 Å². The highest BCUT2D eigenvalue weighted by Gasteiger charge is 2.34. The minimum atomic E-state index is -0.647. The van der Waals surface area contributed by atoms with Gasteiger partial charge < -0.3 is 15.2 Å². The molecule has 1 aromatic rings. The SMILES string of the molecule is CNC1CCC(O)(c2ccc(OC3CC3)cc2)CC1. The summed E-state index contributed by atoms with van der Waals surface area (Å²) in [6.45, 7) is 0. The van der Waals surface area contributed by atoms with Crippen molar-refractivity contribution in [2.45, 2.75) is 56.3 Å². The van der Waals surface area contributed by atoms with Crippen molar-refractivity contribution in [1.82, 2.24) is 5.32 Å². The third-order valence-electron chi connectivity index (χ3n) is 4.44. The second-order valence-corrected chi connectivity index (χ2v) is 5.94. The van der Waals surface area contributed by atoms with Crippen LogP contribution in [-0.2, 0) is 5.60 Å². The number of rotatable bonds is 4. The van der Waals surface area contributed by atoms with Gasteiger partial charge in [0.15, 0.2) is 0 Å². The summed E-state index contributed by atoms with van der Waals surface area (Å²) in [7, 11) is 2.00. The van der Waals surface area contributed by atoms with Gasteiger partial charge in [0.05, 0.1) is 11.7 Å². The van der Waals surface area contributed by atoms with E-state index in [2.05, 4.69) is 5.32 Å². The van der Waals surface area contributed by atoms with Crippen LogP contribution in [0, 0.1) is 0 Å². The van der Waals surface area contributed by atoms with Crippen molar-refractivity contribution >= 4 is 0 Å². The van der Waals surface area contributed by atoms with Crippen LogP contribution in [0.4, 0.5) is 0 Å². The van der Waals surface area contributed by atoms with Gasteiger partial charge in [-0.15, -0.1) is 0 Å². The van der Waals surface area contributed by atoms with E-state index in [-0.39, 0.29) is 0 Å². The lowest BCUT2D eigenvalue weighted by atomic mass is 9.78. The highest BCUT2D eigenvalue weighted by atomic mass is 16.5. The highest BCUT2D eigenvalue weighted by molar-refractivity contribution is 5.31. The summed E-state index contributed by atoms with van der Waals surface area (Å²) in [4.78, 5) is 0. The molecule has 0 bridgehead atoms. The fourth-order valence-electron chi connectivity index (χ4n) is 2.89. The van der Waals surface area contributed by atoms with Crippen LogP contribution >= 0.6 is 0 Å². The number of benzene rings is 1. The lowest BCUT2D eigenvalue weighted by Gasteiger charge is -2.36. The molecule has 19 heavy (non-hydrogen) atoms. The quantitative estimate of drug-likeness (QED) is 0.875. The predicted octanol–water partition coefficient (Wildman–Crippen LogP) is 2.58. The molecule has 0 aliphatic heterocycles. The zero-order chi connectivity index (χ0) is 13.3. The molecule has 2 aliphatic carbocycles. The first-order chi connectivity index (χ1) is 9.19. The molecule has 3 nitrogen and oxygen atoms in total. The number of aliphatic hydroxyl groups is 1. The molecule has 0 aromatic heterocycles. The molecule has 0 saturated heterocycles. The van der Waals surface area contributed by atoms with Gasteiger partial charge in [-0.05, 0) is 63.3 Å². The van der Waals surface area contributed by atoms with E-state index in [0.717, 1.165) is 37.0 Å². The second-order valence-electron chi connectivity index (χ2n) is 5.94. The van der Waals surface area contributed by atoms with Crippen LogP contribution in [0.25, 0.3) is 0 Å². The smallest absolute Gasteiger partial charge is 0.119 e. The Morgan fingerprint density at radius 1 is 1.11 bits per heavy atom. The molecular weight excluding hydrogens is 238 g/mol. The van der Waals surface area contributed by atoms with E-state index in [1.54, 1.807) is 0 Å². The normalized spacial score (nSPS) is 31.2. The number of nitrogens with one attached hydrogen (secondary N) is 1. The lowest BCUT2D eigenvalue weighted by molar-refractivity contribution is -0.00766. The third kappa shape index (κ3) is 2.93. The molecule has 0 spiro atoms. The topological polar surface area (TPSA) is 41.5 Å². The molecule has 2 saturated carbocycles. The van der Waals surface area contributed by atoms with Gasteiger partial charge in [0.1, 0.15) is 5.75 Å². The molecule has 104 valence electrons. The zero-order valence-corrected chi connectivity index (χ0v) is 11.6. The molecule has 3 rings (SSSR count). The molecule has 1 aromatic carbocycles. The standard InChI is InChI=1S/C16H23NO2/c1-17-13-8-10-16(18,11-9-13)12-2-4-14(5-3-12)19-15-6-7-15/h2-5,13,15,17-18H,6-11H2,1H3. The molecule has 0 amide bonds. The third-order valence-corrected chi connectivity index (χ3v) is 4.44. The molecule has 0 radical (unpaired) electrons. The first kappa shape index (κ1) is 12.9. The Labute approximate surface area is 115 Å². The van der Waals surface area contributed by atoms with Crippen LogP contribution in [-0.4, -0.2) is 24.3 Å². The van der Waals surface area contributed by atoms with Gasteiger partial charge >= 0.3 is 0 Å². The van der Waals surface area contributed by atoms with Crippen molar-refractivity contribution in [3.63, 3.8) is 0 Å². The zero-order valence-electron chi connectivity index (χ0n) is 11.6. The van der Waals surface area contributed by atoms with Crippen molar-refractivity contribution < 1.29 is 9.84 Å². The number of ether oxygens (including phenoxy) is 1.